The Bertz CT molecular complexity index is 511. The van der Waals surface area contributed by atoms with Crippen LogP contribution in [0.5, 0.6) is 5.75 Å². The first-order valence-corrected chi connectivity index (χ1v) is 5.86. The van der Waals surface area contributed by atoms with Crippen molar-refractivity contribution in [3.63, 3.8) is 0 Å². The largest absolute Gasteiger partial charge is 0.484 e. The number of hydrogen-bond acceptors (Lipinski definition) is 3. The average Bonchev–Trinajstić information content (AvgIpc) is 2.91. The molecule has 1 amide bonds. The summed E-state index contributed by atoms with van der Waals surface area (Å²) in [5.74, 6) is -0.101. The number of nitrogens with one attached hydrogen (secondary N) is 1. The van der Waals surface area contributed by atoms with Gasteiger partial charge in [-0.05, 0) is 30.3 Å². The average molecular weight is 263 g/mol. The maximum atomic E-state index is 12.6. The van der Waals surface area contributed by atoms with Crippen molar-refractivity contribution in [1.29, 1.82) is 0 Å². The highest BCUT2D eigenvalue weighted by molar-refractivity contribution is 5.77. The molecule has 0 saturated heterocycles. The van der Waals surface area contributed by atoms with E-state index in [0.717, 1.165) is 0 Å². The van der Waals surface area contributed by atoms with Gasteiger partial charge >= 0.3 is 0 Å². The van der Waals surface area contributed by atoms with Crippen LogP contribution in [0.4, 0.5) is 4.39 Å². The highest BCUT2D eigenvalue weighted by Crippen LogP contribution is 2.10. The lowest BCUT2D eigenvalue weighted by atomic mass is 10.3. The summed E-state index contributed by atoms with van der Waals surface area (Å²) in [5, 5.41) is 6.72. The topological polar surface area (TPSA) is 56.1 Å². The molecule has 5 nitrogen and oxygen atoms in total. The van der Waals surface area contributed by atoms with Gasteiger partial charge in [-0.1, -0.05) is 0 Å². The van der Waals surface area contributed by atoms with E-state index in [1.807, 2.05) is 12.3 Å². The van der Waals surface area contributed by atoms with Crippen molar-refractivity contribution in [2.75, 3.05) is 13.2 Å². The van der Waals surface area contributed by atoms with Crippen LogP contribution in [-0.2, 0) is 11.3 Å². The predicted molar refractivity (Wildman–Crippen MR) is 67.1 cm³/mol. The van der Waals surface area contributed by atoms with Crippen LogP contribution < -0.4 is 10.1 Å². The van der Waals surface area contributed by atoms with Crippen molar-refractivity contribution in [2.24, 2.45) is 0 Å². The van der Waals surface area contributed by atoms with Gasteiger partial charge in [0.25, 0.3) is 5.91 Å². The van der Waals surface area contributed by atoms with Gasteiger partial charge in [0.15, 0.2) is 6.61 Å². The molecule has 0 atom stereocenters. The molecule has 0 aliphatic heterocycles. The fourth-order valence-electron chi connectivity index (χ4n) is 1.47. The zero-order chi connectivity index (χ0) is 13.5. The molecule has 1 N–H and O–H groups in total. The van der Waals surface area contributed by atoms with E-state index < -0.39 is 0 Å². The lowest BCUT2D eigenvalue weighted by molar-refractivity contribution is -0.123. The maximum absolute atomic E-state index is 12.6. The second kappa shape index (κ2) is 6.53. The van der Waals surface area contributed by atoms with Crippen LogP contribution in [0.25, 0.3) is 0 Å². The highest BCUT2D eigenvalue weighted by Gasteiger charge is 2.02. The Hall–Kier alpha value is -2.37. The number of amides is 1. The molecule has 0 saturated carbocycles. The minimum atomic E-state index is -0.337. The molecule has 6 heteroatoms. The van der Waals surface area contributed by atoms with E-state index in [1.54, 1.807) is 10.9 Å². The summed E-state index contributed by atoms with van der Waals surface area (Å²) < 4.78 is 19.6. The molecule has 0 radical (unpaired) electrons. The molecule has 1 heterocycles. The molecule has 100 valence electrons. The standard InChI is InChI=1S/C13H14FN3O2/c14-11-2-4-12(5-3-11)19-10-13(18)15-7-9-17-8-1-6-16-17/h1-6,8H,7,9-10H2,(H,15,18). The van der Waals surface area contributed by atoms with Crippen LogP contribution in [0, 0.1) is 5.82 Å². The van der Waals surface area contributed by atoms with E-state index in [-0.39, 0.29) is 18.3 Å². The molecular formula is C13H14FN3O2. The lowest BCUT2D eigenvalue weighted by Crippen LogP contribution is -2.31. The predicted octanol–water partition coefficient (Wildman–Crippen LogP) is 1.22. The van der Waals surface area contributed by atoms with Crippen molar-refractivity contribution >= 4 is 5.91 Å². The summed E-state index contributed by atoms with van der Waals surface area (Å²) in [7, 11) is 0. The summed E-state index contributed by atoms with van der Waals surface area (Å²) in [5.41, 5.74) is 0. The van der Waals surface area contributed by atoms with Crippen LogP contribution in [-0.4, -0.2) is 28.8 Å². The molecular weight excluding hydrogens is 249 g/mol. The summed E-state index contributed by atoms with van der Waals surface area (Å²) in [6.07, 6.45) is 3.50. The molecule has 0 bridgehead atoms. The molecule has 1 aromatic heterocycles. The summed E-state index contributed by atoms with van der Waals surface area (Å²) >= 11 is 0. The smallest absolute Gasteiger partial charge is 0.258 e. The molecule has 0 aliphatic rings. The third-order valence-electron chi connectivity index (χ3n) is 2.41. The molecule has 0 fully saturated rings. The minimum Gasteiger partial charge on any atom is -0.484 e. The van der Waals surface area contributed by atoms with Crippen molar-refractivity contribution in [3.05, 3.63) is 48.5 Å². The number of rotatable bonds is 6. The lowest BCUT2D eigenvalue weighted by Gasteiger charge is -2.07. The van der Waals surface area contributed by atoms with E-state index in [0.29, 0.717) is 18.8 Å². The van der Waals surface area contributed by atoms with E-state index in [1.165, 1.54) is 24.3 Å². The first kappa shape index (κ1) is 13.1. The zero-order valence-electron chi connectivity index (χ0n) is 10.3. The van der Waals surface area contributed by atoms with Crippen LogP contribution in [0.1, 0.15) is 0 Å². The van der Waals surface area contributed by atoms with Gasteiger partial charge < -0.3 is 10.1 Å². The Kier molecular flexibility index (Phi) is 4.49. The molecule has 2 rings (SSSR count). The highest BCUT2D eigenvalue weighted by atomic mass is 19.1. The van der Waals surface area contributed by atoms with Crippen molar-refractivity contribution in [1.82, 2.24) is 15.1 Å². The van der Waals surface area contributed by atoms with Gasteiger partial charge in [-0.2, -0.15) is 5.10 Å². The summed E-state index contributed by atoms with van der Waals surface area (Å²) in [6.45, 7) is 0.993. The number of benzene rings is 1. The summed E-state index contributed by atoms with van der Waals surface area (Å²) in [4.78, 5) is 11.5. The molecule has 0 spiro atoms. The normalized spacial score (nSPS) is 10.2. The number of halogens is 1. The number of ether oxygens (including phenoxy) is 1. The Balaban J connectivity index is 1.65. The summed E-state index contributed by atoms with van der Waals surface area (Å²) in [6, 6.07) is 7.34. The number of nitrogens with zero attached hydrogens (tertiary/aromatic N) is 2. The molecule has 2 aromatic rings. The fourth-order valence-corrected chi connectivity index (χ4v) is 1.47. The number of carbonyl (C=O) groups excluding carboxylic acids is 1. The molecule has 0 aliphatic carbocycles. The van der Waals surface area contributed by atoms with E-state index >= 15 is 0 Å². The number of carbonyl (C=O) groups is 1. The van der Waals surface area contributed by atoms with Gasteiger partial charge in [-0.3, -0.25) is 9.48 Å². The van der Waals surface area contributed by atoms with Crippen LogP contribution in [0.2, 0.25) is 0 Å². The van der Waals surface area contributed by atoms with Gasteiger partial charge in [0, 0.05) is 18.9 Å². The fraction of sp³-hybridized carbons (Fsp3) is 0.231. The quantitative estimate of drug-likeness (QED) is 0.852. The SMILES string of the molecule is O=C(COc1ccc(F)cc1)NCCn1cccn1. The van der Waals surface area contributed by atoms with Crippen LogP contribution >= 0.6 is 0 Å². The monoisotopic (exact) mass is 263 g/mol. The minimum absolute atomic E-state index is 0.0925. The van der Waals surface area contributed by atoms with Crippen molar-refractivity contribution in [2.45, 2.75) is 6.54 Å². The zero-order valence-corrected chi connectivity index (χ0v) is 10.3. The van der Waals surface area contributed by atoms with E-state index in [2.05, 4.69) is 10.4 Å². The second-order valence-corrected chi connectivity index (χ2v) is 3.86. The third-order valence-corrected chi connectivity index (χ3v) is 2.41. The first-order chi connectivity index (χ1) is 9.24. The van der Waals surface area contributed by atoms with Gasteiger partial charge in [0.05, 0.1) is 6.54 Å². The van der Waals surface area contributed by atoms with Crippen molar-refractivity contribution in [3.8, 4) is 5.75 Å². The number of hydrogen-bond donors (Lipinski definition) is 1. The molecule has 1 aromatic carbocycles. The Morgan fingerprint density at radius 1 is 1.37 bits per heavy atom. The Labute approximate surface area is 110 Å². The Morgan fingerprint density at radius 3 is 2.84 bits per heavy atom. The maximum Gasteiger partial charge on any atom is 0.258 e. The number of aromatic nitrogens is 2. The molecule has 0 unspecified atom stereocenters. The molecule has 19 heavy (non-hydrogen) atoms. The van der Waals surface area contributed by atoms with Crippen molar-refractivity contribution < 1.29 is 13.9 Å². The van der Waals surface area contributed by atoms with Gasteiger partial charge in [-0.25, -0.2) is 4.39 Å². The van der Waals surface area contributed by atoms with E-state index in [4.69, 9.17) is 4.74 Å². The van der Waals surface area contributed by atoms with Crippen LogP contribution in [0.15, 0.2) is 42.7 Å². The third kappa shape index (κ3) is 4.42. The van der Waals surface area contributed by atoms with Gasteiger partial charge in [-0.15, -0.1) is 0 Å². The first-order valence-electron chi connectivity index (χ1n) is 5.86. The van der Waals surface area contributed by atoms with Crippen LogP contribution in [0.3, 0.4) is 0 Å². The van der Waals surface area contributed by atoms with Gasteiger partial charge in [0.1, 0.15) is 11.6 Å². The van der Waals surface area contributed by atoms with E-state index in [9.17, 15) is 9.18 Å². The Morgan fingerprint density at radius 2 is 2.16 bits per heavy atom. The van der Waals surface area contributed by atoms with Gasteiger partial charge in [0.2, 0.25) is 0 Å². The second-order valence-electron chi connectivity index (χ2n) is 3.86.